The summed E-state index contributed by atoms with van der Waals surface area (Å²) in [6.45, 7) is 4.74. The van der Waals surface area contributed by atoms with Crippen molar-refractivity contribution >= 4 is 27.3 Å². The zero-order valence-corrected chi connectivity index (χ0v) is 12.4. The molecule has 90 valence electrons. The highest BCUT2D eigenvalue weighted by atomic mass is 79.9. The lowest BCUT2D eigenvalue weighted by Gasteiger charge is -2.36. The van der Waals surface area contributed by atoms with Crippen LogP contribution in [0.25, 0.3) is 0 Å². The van der Waals surface area contributed by atoms with Crippen molar-refractivity contribution in [1.82, 2.24) is 0 Å². The van der Waals surface area contributed by atoms with Crippen molar-refractivity contribution < 1.29 is 0 Å². The molecule has 2 rings (SSSR count). The van der Waals surface area contributed by atoms with Crippen molar-refractivity contribution in [2.75, 3.05) is 0 Å². The van der Waals surface area contributed by atoms with Crippen molar-refractivity contribution in [3.8, 4) is 0 Å². The summed E-state index contributed by atoms with van der Waals surface area (Å²) in [6.07, 6.45) is 5.17. The Morgan fingerprint density at radius 3 is 2.50 bits per heavy atom. The minimum absolute atomic E-state index is 0.219. The molecule has 1 aromatic rings. The standard InChI is InChI=1S/C13H20BrNS/c1-13(2)5-3-9(4-6-13)12(15)10-7-16-8-11(10)14/h7-9,12H,3-6,15H2,1-2H3. The molecular formula is C13H20BrNS. The van der Waals surface area contributed by atoms with E-state index in [1.165, 1.54) is 35.7 Å². The lowest BCUT2D eigenvalue weighted by Crippen LogP contribution is -2.29. The zero-order chi connectivity index (χ0) is 11.8. The molecule has 2 N–H and O–H groups in total. The second kappa shape index (κ2) is 4.79. The minimum Gasteiger partial charge on any atom is -0.324 e. The molecule has 0 spiro atoms. The van der Waals surface area contributed by atoms with Gasteiger partial charge in [0, 0.05) is 15.9 Å². The number of halogens is 1. The SMILES string of the molecule is CC1(C)CCC(C(N)c2cscc2Br)CC1. The fourth-order valence-corrected chi connectivity index (χ4v) is 4.17. The fraction of sp³-hybridized carbons (Fsp3) is 0.692. The summed E-state index contributed by atoms with van der Waals surface area (Å²) < 4.78 is 1.19. The lowest BCUT2D eigenvalue weighted by atomic mass is 9.70. The van der Waals surface area contributed by atoms with E-state index in [4.69, 9.17) is 5.73 Å². The van der Waals surface area contributed by atoms with E-state index in [-0.39, 0.29) is 6.04 Å². The van der Waals surface area contributed by atoms with Crippen LogP contribution in [0.1, 0.15) is 51.1 Å². The molecule has 1 atom stereocenters. The van der Waals surface area contributed by atoms with E-state index in [1.54, 1.807) is 11.3 Å². The summed E-state index contributed by atoms with van der Waals surface area (Å²) in [5, 5.41) is 4.32. The van der Waals surface area contributed by atoms with Crippen LogP contribution in [-0.4, -0.2) is 0 Å². The summed E-state index contributed by atoms with van der Waals surface area (Å²) in [6, 6.07) is 0.219. The van der Waals surface area contributed by atoms with Gasteiger partial charge in [-0.25, -0.2) is 0 Å². The first-order valence-corrected chi connectivity index (χ1v) is 7.70. The summed E-state index contributed by atoms with van der Waals surface area (Å²) >= 11 is 5.32. The predicted molar refractivity (Wildman–Crippen MR) is 74.7 cm³/mol. The van der Waals surface area contributed by atoms with Crippen LogP contribution in [-0.2, 0) is 0 Å². The maximum atomic E-state index is 6.38. The lowest BCUT2D eigenvalue weighted by molar-refractivity contribution is 0.173. The Morgan fingerprint density at radius 1 is 1.38 bits per heavy atom. The zero-order valence-electron chi connectivity index (χ0n) is 10.0. The highest BCUT2D eigenvalue weighted by Gasteiger charge is 2.31. The van der Waals surface area contributed by atoms with Crippen LogP contribution in [0, 0.1) is 11.3 Å². The number of hydrogen-bond acceptors (Lipinski definition) is 2. The Balaban J connectivity index is 2.02. The van der Waals surface area contributed by atoms with Gasteiger partial charge in [0.1, 0.15) is 0 Å². The predicted octanol–water partition coefficient (Wildman–Crippen LogP) is 4.73. The fourth-order valence-electron chi connectivity index (χ4n) is 2.56. The molecule has 1 heterocycles. The van der Waals surface area contributed by atoms with E-state index in [0.717, 1.165) is 0 Å². The molecule has 0 radical (unpaired) electrons. The molecule has 1 aliphatic carbocycles. The first-order valence-electron chi connectivity index (χ1n) is 5.97. The third-order valence-corrected chi connectivity index (χ3v) is 5.64. The van der Waals surface area contributed by atoms with Gasteiger partial charge in [0.05, 0.1) is 0 Å². The van der Waals surface area contributed by atoms with Gasteiger partial charge in [-0.05, 0) is 63.9 Å². The van der Waals surface area contributed by atoms with E-state index in [2.05, 4.69) is 40.5 Å². The molecule has 0 bridgehead atoms. The molecule has 0 saturated heterocycles. The van der Waals surface area contributed by atoms with Gasteiger partial charge in [0.2, 0.25) is 0 Å². The highest BCUT2D eigenvalue weighted by Crippen LogP contribution is 2.43. The van der Waals surface area contributed by atoms with Gasteiger partial charge < -0.3 is 5.73 Å². The van der Waals surface area contributed by atoms with Crippen molar-refractivity contribution in [2.24, 2.45) is 17.1 Å². The van der Waals surface area contributed by atoms with Crippen LogP contribution in [0.15, 0.2) is 15.2 Å². The average molecular weight is 302 g/mol. The summed E-state index contributed by atoms with van der Waals surface area (Å²) in [7, 11) is 0. The van der Waals surface area contributed by atoms with E-state index >= 15 is 0 Å². The third-order valence-electron chi connectivity index (χ3n) is 3.89. The first kappa shape index (κ1) is 12.6. The Bertz CT molecular complexity index is 349. The highest BCUT2D eigenvalue weighted by molar-refractivity contribution is 9.10. The second-order valence-electron chi connectivity index (χ2n) is 5.70. The Kier molecular flexibility index (Phi) is 3.77. The molecule has 1 aromatic heterocycles. The number of hydrogen-bond donors (Lipinski definition) is 1. The topological polar surface area (TPSA) is 26.0 Å². The van der Waals surface area contributed by atoms with Gasteiger partial charge >= 0.3 is 0 Å². The van der Waals surface area contributed by atoms with E-state index in [0.29, 0.717) is 11.3 Å². The van der Waals surface area contributed by atoms with Crippen LogP contribution in [0.2, 0.25) is 0 Å². The smallest absolute Gasteiger partial charge is 0.0343 e. The number of nitrogens with two attached hydrogens (primary N) is 1. The van der Waals surface area contributed by atoms with Gasteiger partial charge in [-0.15, -0.1) is 0 Å². The molecule has 1 saturated carbocycles. The van der Waals surface area contributed by atoms with Crippen molar-refractivity contribution in [3.05, 3.63) is 20.8 Å². The quantitative estimate of drug-likeness (QED) is 0.840. The second-order valence-corrected chi connectivity index (χ2v) is 7.30. The molecular weight excluding hydrogens is 282 g/mol. The van der Waals surface area contributed by atoms with Gasteiger partial charge in [-0.2, -0.15) is 11.3 Å². The molecule has 1 fully saturated rings. The monoisotopic (exact) mass is 301 g/mol. The van der Waals surface area contributed by atoms with Crippen LogP contribution < -0.4 is 5.73 Å². The largest absolute Gasteiger partial charge is 0.324 e. The average Bonchev–Trinajstić information content (AvgIpc) is 2.63. The number of rotatable bonds is 2. The van der Waals surface area contributed by atoms with Crippen molar-refractivity contribution in [1.29, 1.82) is 0 Å². The maximum absolute atomic E-state index is 6.38. The Labute approximate surface area is 111 Å². The van der Waals surface area contributed by atoms with Crippen LogP contribution >= 0.6 is 27.3 Å². The first-order chi connectivity index (χ1) is 7.49. The summed E-state index contributed by atoms with van der Waals surface area (Å²) in [4.78, 5) is 0. The molecule has 1 unspecified atom stereocenters. The summed E-state index contributed by atoms with van der Waals surface area (Å²) in [5.41, 5.74) is 8.21. The normalized spacial score (nSPS) is 23.2. The Hall–Kier alpha value is 0.140. The van der Waals surface area contributed by atoms with Gasteiger partial charge in [-0.1, -0.05) is 13.8 Å². The maximum Gasteiger partial charge on any atom is 0.0343 e. The van der Waals surface area contributed by atoms with E-state index in [9.17, 15) is 0 Å². The van der Waals surface area contributed by atoms with Crippen LogP contribution in [0.3, 0.4) is 0 Å². The molecule has 0 aromatic carbocycles. The summed E-state index contributed by atoms with van der Waals surface area (Å²) in [5.74, 6) is 0.666. The van der Waals surface area contributed by atoms with Crippen molar-refractivity contribution in [2.45, 2.75) is 45.6 Å². The number of thiophene rings is 1. The Morgan fingerprint density at radius 2 is 2.00 bits per heavy atom. The van der Waals surface area contributed by atoms with Gasteiger partial charge in [-0.3, -0.25) is 0 Å². The minimum atomic E-state index is 0.219. The van der Waals surface area contributed by atoms with Gasteiger partial charge in [0.15, 0.2) is 0 Å². The van der Waals surface area contributed by atoms with Crippen LogP contribution in [0.5, 0.6) is 0 Å². The molecule has 1 aliphatic rings. The molecule has 3 heteroatoms. The van der Waals surface area contributed by atoms with E-state index < -0.39 is 0 Å². The van der Waals surface area contributed by atoms with Gasteiger partial charge in [0.25, 0.3) is 0 Å². The van der Waals surface area contributed by atoms with E-state index in [1.807, 2.05) is 0 Å². The van der Waals surface area contributed by atoms with Crippen LogP contribution in [0.4, 0.5) is 0 Å². The third kappa shape index (κ3) is 2.69. The van der Waals surface area contributed by atoms with Crippen molar-refractivity contribution in [3.63, 3.8) is 0 Å². The molecule has 0 amide bonds. The molecule has 16 heavy (non-hydrogen) atoms. The molecule has 1 nitrogen and oxygen atoms in total. The molecule has 0 aliphatic heterocycles.